The third-order valence-electron chi connectivity index (χ3n) is 4.91. The number of aryl methyl sites for hydroxylation is 3. The van der Waals surface area contributed by atoms with E-state index in [4.69, 9.17) is 0 Å². The van der Waals surface area contributed by atoms with Gasteiger partial charge in [-0.2, -0.15) is 5.10 Å². The van der Waals surface area contributed by atoms with Gasteiger partial charge in [0.15, 0.2) is 0 Å². The molecule has 4 rings (SSSR count). The summed E-state index contributed by atoms with van der Waals surface area (Å²) in [7, 11) is 1.90. The lowest BCUT2D eigenvalue weighted by Gasteiger charge is -2.26. The minimum atomic E-state index is -0.0824. The zero-order valence-corrected chi connectivity index (χ0v) is 14.4. The molecule has 1 N–H and O–H groups in total. The maximum Gasteiger partial charge on any atom is 0.245 e. The Kier molecular flexibility index (Phi) is 3.73. The topological polar surface area (TPSA) is 50.2 Å². The van der Waals surface area contributed by atoms with Gasteiger partial charge in [0.25, 0.3) is 0 Å². The first-order valence-electron chi connectivity index (χ1n) is 8.28. The standard InChI is InChI=1S/C17H22N4OS/c1-11-10-16(20(2)19-11)21-8-6-14(17(21)22)18-13-4-3-5-15-12(13)7-9-23-15/h7,9-10,13-14,18H,3-6,8H2,1-2H3. The van der Waals surface area contributed by atoms with Crippen molar-refractivity contribution in [3.63, 3.8) is 0 Å². The Hall–Kier alpha value is -1.66. The van der Waals surface area contributed by atoms with Crippen LogP contribution in [0.3, 0.4) is 0 Å². The van der Waals surface area contributed by atoms with Crippen LogP contribution in [0.25, 0.3) is 0 Å². The second-order valence-corrected chi connectivity index (χ2v) is 7.51. The number of hydrogen-bond donors (Lipinski definition) is 1. The highest BCUT2D eigenvalue weighted by molar-refractivity contribution is 7.10. The van der Waals surface area contributed by atoms with Crippen molar-refractivity contribution in [2.45, 2.75) is 44.7 Å². The van der Waals surface area contributed by atoms with Crippen molar-refractivity contribution in [1.82, 2.24) is 15.1 Å². The number of hydrogen-bond acceptors (Lipinski definition) is 4. The fraction of sp³-hybridized carbons (Fsp3) is 0.529. The van der Waals surface area contributed by atoms with Gasteiger partial charge in [-0.15, -0.1) is 11.3 Å². The molecule has 5 nitrogen and oxygen atoms in total. The van der Waals surface area contributed by atoms with Crippen molar-refractivity contribution in [3.8, 4) is 0 Å². The van der Waals surface area contributed by atoms with Crippen LogP contribution < -0.4 is 10.2 Å². The molecule has 6 heteroatoms. The number of amides is 1. The van der Waals surface area contributed by atoms with E-state index in [1.807, 2.05) is 36.3 Å². The lowest BCUT2D eigenvalue weighted by atomic mass is 9.93. The molecule has 0 spiro atoms. The summed E-state index contributed by atoms with van der Waals surface area (Å²) in [5.41, 5.74) is 2.35. The second kappa shape index (κ2) is 5.76. The van der Waals surface area contributed by atoms with E-state index in [0.29, 0.717) is 6.04 Å². The van der Waals surface area contributed by atoms with E-state index in [1.165, 1.54) is 23.3 Å². The number of carbonyl (C=O) groups is 1. The van der Waals surface area contributed by atoms with E-state index in [-0.39, 0.29) is 11.9 Å². The van der Waals surface area contributed by atoms with Crippen LogP contribution >= 0.6 is 11.3 Å². The summed E-state index contributed by atoms with van der Waals surface area (Å²) in [5, 5.41) is 10.2. The Labute approximate surface area is 140 Å². The number of aromatic nitrogens is 2. The summed E-state index contributed by atoms with van der Waals surface area (Å²) in [4.78, 5) is 16.2. The van der Waals surface area contributed by atoms with Gasteiger partial charge in [-0.1, -0.05) is 0 Å². The number of thiophene rings is 1. The van der Waals surface area contributed by atoms with Gasteiger partial charge in [-0.25, -0.2) is 0 Å². The van der Waals surface area contributed by atoms with Crippen molar-refractivity contribution >= 4 is 23.1 Å². The number of carbonyl (C=O) groups excluding carboxylic acids is 1. The number of anilines is 1. The maximum absolute atomic E-state index is 12.8. The highest BCUT2D eigenvalue weighted by atomic mass is 32.1. The molecule has 1 saturated heterocycles. The van der Waals surface area contributed by atoms with Gasteiger partial charge in [0.1, 0.15) is 5.82 Å². The maximum atomic E-state index is 12.8. The van der Waals surface area contributed by atoms with Crippen LogP contribution in [0.5, 0.6) is 0 Å². The van der Waals surface area contributed by atoms with Gasteiger partial charge >= 0.3 is 0 Å². The van der Waals surface area contributed by atoms with Crippen LogP contribution in [0.4, 0.5) is 5.82 Å². The summed E-state index contributed by atoms with van der Waals surface area (Å²) in [6.07, 6.45) is 4.37. The average molecular weight is 330 g/mol. The first kappa shape index (κ1) is 14.9. The van der Waals surface area contributed by atoms with Crippen LogP contribution in [0.1, 0.15) is 41.4 Å². The Bertz CT molecular complexity index is 735. The third kappa shape index (κ3) is 2.60. The Morgan fingerprint density at radius 2 is 2.22 bits per heavy atom. The van der Waals surface area contributed by atoms with Crippen molar-refractivity contribution in [2.75, 3.05) is 11.4 Å². The molecule has 2 unspecified atom stereocenters. The predicted octanol–water partition coefficient (Wildman–Crippen LogP) is 2.56. The number of nitrogens with one attached hydrogen (secondary N) is 1. The van der Waals surface area contributed by atoms with E-state index in [2.05, 4.69) is 21.9 Å². The van der Waals surface area contributed by atoms with E-state index in [9.17, 15) is 4.79 Å². The summed E-state index contributed by atoms with van der Waals surface area (Å²) in [6.45, 7) is 2.72. The SMILES string of the molecule is Cc1cc(N2CCC(NC3CCCc4sccc43)C2=O)n(C)n1. The third-order valence-corrected chi connectivity index (χ3v) is 5.91. The molecule has 2 aliphatic rings. The first-order chi connectivity index (χ1) is 11.1. The van der Waals surface area contributed by atoms with E-state index >= 15 is 0 Å². The van der Waals surface area contributed by atoms with Crippen molar-refractivity contribution in [2.24, 2.45) is 7.05 Å². The molecule has 2 atom stereocenters. The number of fused-ring (bicyclic) bond motifs is 1. The molecule has 1 amide bonds. The van der Waals surface area contributed by atoms with Gasteiger partial charge in [0.2, 0.25) is 5.91 Å². The van der Waals surface area contributed by atoms with Crippen molar-refractivity contribution in [1.29, 1.82) is 0 Å². The molecule has 0 saturated carbocycles. The molecule has 1 fully saturated rings. The fourth-order valence-corrected chi connectivity index (χ4v) is 4.80. The van der Waals surface area contributed by atoms with Gasteiger partial charge in [0.05, 0.1) is 11.7 Å². The molecule has 0 aromatic carbocycles. The van der Waals surface area contributed by atoms with Crippen molar-refractivity contribution < 1.29 is 4.79 Å². The predicted molar refractivity (Wildman–Crippen MR) is 91.8 cm³/mol. The highest BCUT2D eigenvalue weighted by Crippen LogP contribution is 2.34. The molecule has 23 heavy (non-hydrogen) atoms. The van der Waals surface area contributed by atoms with Gasteiger partial charge in [-0.3, -0.25) is 19.7 Å². The number of nitrogens with zero attached hydrogens (tertiary/aromatic N) is 3. The van der Waals surface area contributed by atoms with E-state index in [1.54, 1.807) is 4.68 Å². The smallest absolute Gasteiger partial charge is 0.245 e. The second-order valence-electron chi connectivity index (χ2n) is 6.51. The summed E-state index contributed by atoms with van der Waals surface area (Å²) in [6, 6.07) is 4.45. The van der Waals surface area contributed by atoms with Gasteiger partial charge in [0, 0.05) is 30.6 Å². The van der Waals surface area contributed by atoms with Crippen LogP contribution in [-0.4, -0.2) is 28.3 Å². The summed E-state index contributed by atoms with van der Waals surface area (Å²) >= 11 is 1.84. The Morgan fingerprint density at radius 3 is 3.00 bits per heavy atom. The van der Waals surface area contributed by atoms with Crippen LogP contribution in [0.2, 0.25) is 0 Å². The molecule has 122 valence electrons. The quantitative estimate of drug-likeness (QED) is 0.941. The molecular formula is C17H22N4OS. The van der Waals surface area contributed by atoms with Crippen molar-refractivity contribution in [3.05, 3.63) is 33.6 Å². The number of rotatable bonds is 3. The molecule has 0 radical (unpaired) electrons. The van der Waals surface area contributed by atoms with Crippen LogP contribution in [0, 0.1) is 6.92 Å². The first-order valence-corrected chi connectivity index (χ1v) is 9.16. The Morgan fingerprint density at radius 1 is 1.35 bits per heavy atom. The fourth-order valence-electron chi connectivity index (χ4n) is 3.81. The van der Waals surface area contributed by atoms with E-state index < -0.39 is 0 Å². The largest absolute Gasteiger partial charge is 0.299 e. The highest BCUT2D eigenvalue weighted by Gasteiger charge is 2.36. The van der Waals surface area contributed by atoms with Gasteiger partial charge in [-0.05, 0) is 49.6 Å². The summed E-state index contributed by atoms with van der Waals surface area (Å²) < 4.78 is 1.80. The van der Waals surface area contributed by atoms with Crippen LogP contribution in [-0.2, 0) is 18.3 Å². The molecule has 2 aromatic rings. The minimum Gasteiger partial charge on any atom is -0.299 e. The molecule has 3 heterocycles. The van der Waals surface area contributed by atoms with Gasteiger partial charge < -0.3 is 0 Å². The Balaban J connectivity index is 1.50. The average Bonchev–Trinajstić information content (AvgIpc) is 3.20. The molecule has 2 aromatic heterocycles. The lowest BCUT2D eigenvalue weighted by Crippen LogP contribution is -2.41. The molecule has 0 bridgehead atoms. The van der Waals surface area contributed by atoms with Crippen LogP contribution in [0.15, 0.2) is 17.5 Å². The zero-order valence-electron chi connectivity index (χ0n) is 13.6. The lowest BCUT2D eigenvalue weighted by molar-refractivity contribution is -0.119. The molecule has 1 aliphatic heterocycles. The summed E-state index contributed by atoms with van der Waals surface area (Å²) in [5.74, 6) is 1.08. The molecule has 1 aliphatic carbocycles. The van der Waals surface area contributed by atoms with E-state index in [0.717, 1.165) is 30.9 Å². The minimum absolute atomic E-state index is 0.0824. The normalized spacial score (nSPS) is 24.3. The monoisotopic (exact) mass is 330 g/mol. The zero-order chi connectivity index (χ0) is 16.0. The molecular weight excluding hydrogens is 308 g/mol.